The number of benzene rings is 1. The Kier molecular flexibility index (Phi) is 4.78. The van der Waals surface area contributed by atoms with Crippen molar-refractivity contribution in [1.82, 2.24) is 5.32 Å². The SMILES string of the molecule is CC(CO)NC(=O)Cc1cccc(Br)c1. The number of hydrogen-bond donors (Lipinski definition) is 2. The largest absolute Gasteiger partial charge is 0.394 e. The van der Waals surface area contributed by atoms with Crippen molar-refractivity contribution < 1.29 is 9.90 Å². The fraction of sp³-hybridized carbons (Fsp3) is 0.364. The van der Waals surface area contributed by atoms with Gasteiger partial charge in [-0.15, -0.1) is 0 Å². The van der Waals surface area contributed by atoms with E-state index in [0.717, 1.165) is 10.0 Å². The molecule has 1 aromatic carbocycles. The highest BCUT2D eigenvalue weighted by molar-refractivity contribution is 9.10. The first-order valence-electron chi connectivity index (χ1n) is 4.76. The molecule has 0 aliphatic rings. The lowest BCUT2D eigenvalue weighted by atomic mass is 10.1. The summed E-state index contributed by atoms with van der Waals surface area (Å²) in [6.45, 7) is 1.73. The Morgan fingerprint density at radius 1 is 1.60 bits per heavy atom. The molecule has 2 N–H and O–H groups in total. The molecule has 0 fully saturated rings. The van der Waals surface area contributed by atoms with Crippen LogP contribution in [0, 0.1) is 0 Å². The molecule has 0 saturated carbocycles. The van der Waals surface area contributed by atoms with Gasteiger partial charge in [-0.05, 0) is 24.6 Å². The Bertz CT molecular complexity index is 341. The van der Waals surface area contributed by atoms with E-state index >= 15 is 0 Å². The minimum Gasteiger partial charge on any atom is -0.394 e. The predicted octanol–water partition coefficient (Wildman–Crippen LogP) is 1.49. The highest BCUT2D eigenvalue weighted by Crippen LogP contribution is 2.11. The van der Waals surface area contributed by atoms with Crippen molar-refractivity contribution in [3.8, 4) is 0 Å². The maximum Gasteiger partial charge on any atom is 0.224 e. The second kappa shape index (κ2) is 5.88. The molecule has 0 bridgehead atoms. The number of aliphatic hydroxyl groups excluding tert-OH is 1. The Morgan fingerprint density at radius 2 is 2.33 bits per heavy atom. The molecule has 0 saturated heterocycles. The molecule has 0 spiro atoms. The van der Waals surface area contributed by atoms with Gasteiger partial charge in [0.05, 0.1) is 13.0 Å². The lowest BCUT2D eigenvalue weighted by molar-refractivity contribution is -0.121. The maximum absolute atomic E-state index is 11.5. The van der Waals surface area contributed by atoms with Crippen LogP contribution in [0.2, 0.25) is 0 Å². The normalized spacial score (nSPS) is 12.2. The van der Waals surface area contributed by atoms with E-state index in [2.05, 4.69) is 21.2 Å². The van der Waals surface area contributed by atoms with Gasteiger partial charge in [0.25, 0.3) is 0 Å². The topological polar surface area (TPSA) is 49.3 Å². The number of carbonyl (C=O) groups excluding carboxylic acids is 1. The average molecular weight is 272 g/mol. The maximum atomic E-state index is 11.5. The minimum atomic E-state index is -0.190. The van der Waals surface area contributed by atoms with Crippen LogP contribution in [-0.2, 0) is 11.2 Å². The van der Waals surface area contributed by atoms with Crippen LogP contribution in [0.3, 0.4) is 0 Å². The van der Waals surface area contributed by atoms with E-state index in [1.54, 1.807) is 6.92 Å². The first-order chi connectivity index (χ1) is 7.11. The fourth-order valence-corrected chi connectivity index (χ4v) is 1.65. The van der Waals surface area contributed by atoms with Gasteiger partial charge in [0.1, 0.15) is 0 Å². The molecule has 1 unspecified atom stereocenters. The highest BCUT2D eigenvalue weighted by Gasteiger charge is 2.06. The van der Waals surface area contributed by atoms with Gasteiger partial charge in [0, 0.05) is 10.5 Å². The molecular formula is C11H14BrNO2. The van der Waals surface area contributed by atoms with Gasteiger partial charge in [-0.1, -0.05) is 28.1 Å². The third kappa shape index (κ3) is 4.44. The van der Waals surface area contributed by atoms with Crippen molar-refractivity contribution in [1.29, 1.82) is 0 Å². The number of nitrogens with one attached hydrogen (secondary N) is 1. The molecule has 1 aromatic rings. The van der Waals surface area contributed by atoms with E-state index < -0.39 is 0 Å². The first-order valence-corrected chi connectivity index (χ1v) is 5.56. The minimum absolute atomic E-state index is 0.0375. The van der Waals surface area contributed by atoms with Crippen LogP contribution in [0.25, 0.3) is 0 Å². The summed E-state index contributed by atoms with van der Waals surface area (Å²) in [6, 6.07) is 7.42. The fourth-order valence-electron chi connectivity index (χ4n) is 1.20. The van der Waals surface area contributed by atoms with Gasteiger partial charge < -0.3 is 10.4 Å². The summed E-state index contributed by atoms with van der Waals surface area (Å²) in [5, 5.41) is 11.5. The van der Waals surface area contributed by atoms with E-state index in [1.807, 2.05) is 24.3 Å². The van der Waals surface area contributed by atoms with Gasteiger partial charge in [0.15, 0.2) is 0 Å². The average Bonchev–Trinajstić information content (AvgIpc) is 2.17. The van der Waals surface area contributed by atoms with E-state index in [-0.39, 0.29) is 18.6 Å². The van der Waals surface area contributed by atoms with Gasteiger partial charge >= 0.3 is 0 Å². The van der Waals surface area contributed by atoms with Gasteiger partial charge in [-0.2, -0.15) is 0 Å². The molecule has 82 valence electrons. The third-order valence-corrected chi connectivity index (χ3v) is 2.43. The lowest BCUT2D eigenvalue weighted by Crippen LogP contribution is -2.35. The summed E-state index contributed by atoms with van der Waals surface area (Å²) in [6.07, 6.45) is 0.337. The predicted molar refractivity (Wildman–Crippen MR) is 62.5 cm³/mol. The highest BCUT2D eigenvalue weighted by atomic mass is 79.9. The van der Waals surface area contributed by atoms with Crippen molar-refractivity contribution in [2.75, 3.05) is 6.61 Å². The number of aliphatic hydroxyl groups is 1. The van der Waals surface area contributed by atoms with Crippen molar-refractivity contribution in [2.45, 2.75) is 19.4 Å². The summed E-state index contributed by atoms with van der Waals surface area (Å²) in [5.74, 6) is -0.0744. The molecule has 1 atom stereocenters. The Hall–Kier alpha value is -0.870. The Morgan fingerprint density at radius 3 is 2.93 bits per heavy atom. The summed E-state index contributed by atoms with van der Waals surface area (Å²) in [4.78, 5) is 11.5. The molecule has 1 rings (SSSR count). The van der Waals surface area contributed by atoms with Gasteiger partial charge in [-0.25, -0.2) is 0 Å². The number of hydrogen-bond acceptors (Lipinski definition) is 2. The van der Waals surface area contributed by atoms with Crippen LogP contribution in [-0.4, -0.2) is 23.7 Å². The molecule has 15 heavy (non-hydrogen) atoms. The second-order valence-corrected chi connectivity index (χ2v) is 4.37. The summed E-state index contributed by atoms with van der Waals surface area (Å²) < 4.78 is 0.961. The van der Waals surface area contributed by atoms with E-state index in [4.69, 9.17) is 5.11 Å². The number of halogens is 1. The van der Waals surface area contributed by atoms with Crippen molar-refractivity contribution in [3.63, 3.8) is 0 Å². The molecule has 3 nitrogen and oxygen atoms in total. The monoisotopic (exact) mass is 271 g/mol. The number of amides is 1. The number of carbonyl (C=O) groups is 1. The summed E-state index contributed by atoms with van der Waals surface area (Å²) >= 11 is 3.34. The lowest BCUT2D eigenvalue weighted by Gasteiger charge is -2.10. The molecule has 4 heteroatoms. The quantitative estimate of drug-likeness (QED) is 0.872. The second-order valence-electron chi connectivity index (χ2n) is 3.46. The van der Waals surface area contributed by atoms with Crippen molar-refractivity contribution >= 4 is 21.8 Å². The standard InChI is InChI=1S/C11H14BrNO2/c1-8(7-14)13-11(15)6-9-3-2-4-10(12)5-9/h2-5,8,14H,6-7H2,1H3,(H,13,15). The third-order valence-electron chi connectivity index (χ3n) is 1.93. The molecule has 0 radical (unpaired) electrons. The van der Waals surface area contributed by atoms with E-state index in [9.17, 15) is 4.79 Å². The van der Waals surface area contributed by atoms with E-state index in [0.29, 0.717) is 6.42 Å². The van der Waals surface area contributed by atoms with E-state index in [1.165, 1.54) is 0 Å². The van der Waals surface area contributed by atoms with Gasteiger partial charge in [0.2, 0.25) is 5.91 Å². The molecule has 0 aliphatic heterocycles. The molecule has 0 aromatic heterocycles. The van der Waals surface area contributed by atoms with Crippen LogP contribution in [0.5, 0.6) is 0 Å². The van der Waals surface area contributed by atoms with Crippen LogP contribution >= 0.6 is 15.9 Å². The summed E-state index contributed by atoms with van der Waals surface area (Å²) in [5.41, 5.74) is 0.951. The molecular weight excluding hydrogens is 258 g/mol. The Balaban J connectivity index is 2.51. The zero-order valence-corrected chi connectivity index (χ0v) is 10.1. The van der Waals surface area contributed by atoms with Crippen LogP contribution in [0.4, 0.5) is 0 Å². The van der Waals surface area contributed by atoms with Gasteiger partial charge in [-0.3, -0.25) is 4.79 Å². The molecule has 0 aliphatic carbocycles. The smallest absolute Gasteiger partial charge is 0.224 e. The molecule has 1 amide bonds. The summed E-state index contributed by atoms with van der Waals surface area (Å²) in [7, 11) is 0. The number of rotatable bonds is 4. The zero-order valence-electron chi connectivity index (χ0n) is 8.53. The van der Waals surface area contributed by atoms with Crippen LogP contribution in [0.1, 0.15) is 12.5 Å². The van der Waals surface area contributed by atoms with Crippen LogP contribution in [0.15, 0.2) is 28.7 Å². The van der Waals surface area contributed by atoms with Crippen molar-refractivity contribution in [2.24, 2.45) is 0 Å². The zero-order chi connectivity index (χ0) is 11.3. The molecule has 0 heterocycles. The van der Waals surface area contributed by atoms with Crippen LogP contribution < -0.4 is 5.32 Å². The first kappa shape index (κ1) is 12.2. The van der Waals surface area contributed by atoms with Crippen molar-refractivity contribution in [3.05, 3.63) is 34.3 Å². The Labute approximate surface area is 97.6 Å².